The molecule has 4 rings (SSSR count). The Labute approximate surface area is 170 Å². The summed E-state index contributed by atoms with van der Waals surface area (Å²) in [5.74, 6) is 1.63. The Balaban J connectivity index is 1.66. The van der Waals surface area contributed by atoms with Crippen molar-refractivity contribution in [3.63, 3.8) is 0 Å². The normalized spacial score (nSPS) is 16.0. The third kappa shape index (κ3) is 3.37. The lowest BCUT2D eigenvalue weighted by atomic mass is 9.96. The highest BCUT2D eigenvalue weighted by Gasteiger charge is 2.34. The molecule has 1 aliphatic rings. The van der Waals surface area contributed by atoms with Crippen molar-refractivity contribution >= 4 is 5.91 Å². The number of nitrogens with one attached hydrogen (secondary N) is 1. The summed E-state index contributed by atoms with van der Waals surface area (Å²) in [5, 5.41) is 7.30. The van der Waals surface area contributed by atoms with E-state index in [-0.39, 0.29) is 11.9 Å². The van der Waals surface area contributed by atoms with E-state index in [0.29, 0.717) is 35.3 Å². The lowest BCUT2D eigenvalue weighted by Crippen LogP contribution is -2.44. The molecule has 29 heavy (non-hydrogen) atoms. The molecule has 0 saturated carbocycles. The van der Waals surface area contributed by atoms with Gasteiger partial charge in [0.15, 0.2) is 0 Å². The number of H-pyrrole nitrogens is 1. The van der Waals surface area contributed by atoms with Gasteiger partial charge < -0.3 is 18.9 Å². The Kier molecular flexibility index (Phi) is 5.05. The Bertz CT molecular complexity index is 1020. The molecular weight excluding hydrogens is 368 g/mol. The van der Waals surface area contributed by atoms with E-state index in [9.17, 15) is 4.79 Å². The Hall–Kier alpha value is -3.22. The maximum Gasteiger partial charge on any atom is 0.272 e. The molecule has 1 amide bonds. The summed E-state index contributed by atoms with van der Waals surface area (Å²) in [4.78, 5) is 15.3. The second kappa shape index (κ2) is 7.66. The van der Waals surface area contributed by atoms with Crippen molar-refractivity contribution in [2.75, 3.05) is 20.8 Å². The number of aromatic nitrogens is 3. The van der Waals surface area contributed by atoms with Crippen molar-refractivity contribution in [2.24, 2.45) is 5.92 Å². The van der Waals surface area contributed by atoms with Crippen molar-refractivity contribution in [1.29, 1.82) is 0 Å². The van der Waals surface area contributed by atoms with Crippen LogP contribution >= 0.6 is 0 Å². The van der Waals surface area contributed by atoms with Gasteiger partial charge in [0.1, 0.15) is 17.2 Å². The van der Waals surface area contributed by atoms with Gasteiger partial charge in [0.2, 0.25) is 0 Å². The van der Waals surface area contributed by atoms with Crippen LogP contribution in [-0.2, 0) is 6.54 Å². The van der Waals surface area contributed by atoms with Crippen LogP contribution in [-0.4, -0.2) is 46.3 Å². The molecule has 0 radical (unpaired) electrons. The minimum atomic E-state index is -0.0447. The maximum atomic E-state index is 13.4. The minimum absolute atomic E-state index is 0.0318. The van der Waals surface area contributed by atoms with Gasteiger partial charge in [-0.2, -0.15) is 5.10 Å². The molecule has 0 aliphatic carbocycles. The van der Waals surface area contributed by atoms with Gasteiger partial charge in [0.25, 0.3) is 5.91 Å². The lowest BCUT2D eigenvalue weighted by molar-refractivity contribution is 0.0550. The maximum absolute atomic E-state index is 13.4. The predicted molar refractivity (Wildman–Crippen MR) is 110 cm³/mol. The fraction of sp³-hybridized carbons (Fsp3) is 0.364. The van der Waals surface area contributed by atoms with E-state index in [0.717, 1.165) is 12.1 Å². The molecule has 1 aliphatic heterocycles. The van der Waals surface area contributed by atoms with Crippen molar-refractivity contribution in [1.82, 2.24) is 19.7 Å². The molecule has 7 nitrogen and oxygen atoms in total. The number of nitrogens with zero attached hydrogens (tertiary/aromatic N) is 3. The molecule has 1 N–H and O–H groups in total. The average Bonchev–Trinajstić information content (AvgIpc) is 3.41. The number of hydrogen-bond acceptors (Lipinski definition) is 4. The molecule has 1 atom stereocenters. The van der Waals surface area contributed by atoms with Gasteiger partial charge in [-0.05, 0) is 42.3 Å². The zero-order chi connectivity index (χ0) is 20.5. The molecule has 0 unspecified atom stereocenters. The molecule has 3 heterocycles. The number of ether oxygens (including phenoxy) is 2. The standard InChI is InChI=1S/C22H26N4O3/c1-14(2)21-19-6-5-9-25(19)10-11-26(21)22(27)18-13-17(23-24-18)16-12-15(28-3)7-8-20(16)29-4/h5-9,12-14,21H,10-11H2,1-4H3,(H,23,24)/t21-/m0/s1. The molecule has 3 aromatic rings. The molecule has 152 valence electrons. The topological polar surface area (TPSA) is 72.4 Å². The summed E-state index contributed by atoms with van der Waals surface area (Å²) < 4.78 is 13.0. The van der Waals surface area contributed by atoms with E-state index < -0.39 is 0 Å². The highest BCUT2D eigenvalue weighted by molar-refractivity contribution is 5.94. The molecule has 2 aromatic heterocycles. The van der Waals surface area contributed by atoms with Crippen molar-refractivity contribution in [3.8, 4) is 22.8 Å². The van der Waals surface area contributed by atoms with Gasteiger partial charge in [0, 0.05) is 30.5 Å². The average molecular weight is 394 g/mol. The number of benzene rings is 1. The third-order valence-corrected chi connectivity index (χ3v) is 5.47. The zero-order valence-electron chi connectivity index (χ0n) is 17.2. The first-order valence-corrected chi connectivity index (χ1v) is 9.77. The Morgan fingerprint density at radius 3 is 2.72 bits per heavy atom. The van der Waals surface area contributed by atoms with Crippen LogP contribution in [0, 0.1) is 5.92 Å². The molecule has 0 fully saturated rings. The van der Waals surface area contributed by atoms with E-state index in [1.54, 1.807) is 20.3 Å². The molecule has 7 heteroatoms. The second-order valence-electron chi connectivity index (χ2n) is 7.55. The number of amides is 1. The fourth-order valence-electron chi connectivity index (χ4n) is 4.08. The number of fused-ring (bicyclic) bond motifs is 1. The first-order chi connectivity index (χ1) is 14.0. The van der Waals surface area contributed by atoms with Crippen molar-refractivity contribution in [3.05, 3.63) is 54.0 Å². The molecule has 1 aromatic carbocycles. The quantitative estimate of drug-likeness (QED) is 0.715. The predicted octanol–water partition coefficient (Wildman–Crippen LogP) is 3.75. The van der Waals surface area contributed by atoms with E-state index >= 15 is 0 Å². The number of hydrogen-bond donors (Lipinski definition) is 1. The van der Waals surface area contributed by atoms with Crippen LogP contribution in [0.15, 0.2) is 42.6 Å². The second-order valence-corrected chi connectivity index (χ2v) is 7.55. The first-order valence-electron chi connectivity index (χ1n) is 9.77. The van der Waals surface area contributed by atoms with E-state index in [1.807, 2.05) is 29.2 Å². The van der Waals surface area contributed by atoms with Crippen LogP contribution in [0.2, 0.25) is 0 Å². The fourth-order valence-corrected chi connectivity index (χ4v) is 4.08. The monoisotopic (exact) mass is 394 g/mol. The highest BCUT2D eigenvalue weighted by atomic mass is 16.5. The van der Waals surface area contributed by atoms with Crippen LogP contribution in [0.4, 0.5) is 0 Å². The lowest BCUT2D eigenvalue weighted by Gasteiger charge is -2.39. The van der Waals surface area contributed by atoms with Gasteiger partial charge >= 0.3 is 0 Å². The smallest absolute Gasteiger partial charge is 0.272 e. The first kappa shape index (κ1) is 19.1. The zero-order valence-corrected chi connectivity index (χ0v) is 17.2. The summed E-state index contributed by atoms with van der Waals surface area (Å²) in [5.41, 5.74) is 3.06. The summed E-state index contributed by atoms with van der Waals surface area (Å²) in [6, 6.07) is 11.5. The van der Waals surface area contributed by atoms with Gasteiger partial charge in [-0.25, -0.2) is 0 Å². The highest BCUT2D eigenvalue weighted by Crippen LogP contribution is 2.35. The molecule has 0 spiro atoms. The van der Waals surface area contributed by atoms with Crippen LogP contribution in [0.3, 0.4) is 0 Å². The summed E-state index contributed by atoms with van der Waals surface area (Å²) in [6.07, 6.45) is 2.08. The van der Waals surface area contributed by atoms with E-state index in [2.05, 4.69) is 40.9 Å². The van der Waals surface area contributed by atoms with Crippen molar-refractivity contribution < 1.29 is 14.3 Å². The van der Waals surface area contributed by atoms with Crippen LogP contribution in [0.1, 0.15) is 36.1 Å². The number of methoxy groups -OCH3 is 2. The van der Waals surface area contributed by atoms with E-state index in [4.69, 9.17) is 9.47 Å². The van der Waals surface area contributed by atoms with Crippen LogP contribution < -0.4 is 9.47 Å². The number of rotatable bonds is 5. The third-order valence-electron chi connectivity index (χ3n) is 5.47. The number of carbonyl (C=O) groups excluding carboxylic acids is 1. The Morgan fingerprint density at radius 2 is 2.00 bits per heavy atom. The van der Waals surface area contributed by atoms with Crippen LogP contribution in [0.5, 0.6) is 11.5 Å². The van der Waals surface area contributed by atoms with Gasteiger partial charge in [0.05, 0.1) is 26.0 Å². The van der Waals surface area contributed by atoms with Gasteiger partial charge in [-0.3, -0.25) is 9.89 Å². The van der Waals surface area contributed by atoms with E-state index in [1.165, 1.54) is 5.69 Å². The minimum Gasteiger partial charge on any atom is -0.497 e. The molecule has 0 bridgehead atoms. The van der Waals surface area contributed by atoms with Gasteiger partial charge in [-0.1, -0.05) is 13.8 Å². The van der Waals surface area contributed by atoms with Gasteiger partial charge in [-0.15, -0.1) is 0 Å². The van der Waals surface area contributed by atoms with Crippen molar-refractivity contribution in [2.45, 2.75) is 26.4 Å². The largest absolute Gasteiger partial charge is 0.497 e. The number of aromatic amines is 1. The molecule has 0 saturated heterocycles. The van der Waals surface area contributed by atoms with Crippen LogP contribution in [0.25, 0.3) is 11.3 Å². The summed E-state index contributed by atoms with van der Waals surface area (Å²) >= 11 is 0. The summed E-state index contributed by atoms with van der Waals surface area (Å²) in [7, 11) is 3.23. The summed E-state index contributed by atoms with van der Waals surface area (Å²) in [6.45, 7) is 5.75. The molecular formula is C22H26N4O3. The SMILES string of the molecule is COc1ccc(OC)c(-c2cc(C(=O)N3CCn4cccc4[C@@H]3C(C)C)[nH]n2)c1. The Morgan fingerprint density at radius 1 is 1.17 bits per heavy atom. The number of carbonyl (C=O) groups is 1.